The van der Waals surface area contributed by atoms with Crippen LogP contribution in [-0.2, 0) is 19.4 Å². The standard InChI is InChI=1S/C21H18ClNO6S/c22-14-6-4-12(5-7-14)19(25)17-18(13-2-1-3-16(24)10-13)23(21(27)20(17)26)15-8-9-30(28,29)11-15/h1-7,10,15,18,24-25H,8-9,11H2/b19-17+/t15-,18+/m0/s1. The number of amides is 1. The van der Waals surface area contributed by atoms with Gasteiger partial charge < -0.3 is 15.1 Å². The molecule has 0 aliphatic carbocycles. The van der Waals surface area contributed by atoms with Gasteiger partial charge >= 0.3 is 0 Å². The summed E-state index contributed by atoms with van der Waals surface area (Å²) in [5.74, 6) is -2.58. The molecule has 2 N–H and O–H groups in total. The summed E-state index contributed by atoms with van der Waals surface area (Å²) < 4.78 is 24.0. The Morgan fingerprint density at radius 2 is 1.80 bits per heavy atom. The molecule has 4 rings (SSSR count). The van der Waals surface area contributed by atoms with Crippen molar-refractivity contribution in [3.63, 3.8) is 0 Å². The molecule has 0 unspecified atom stereocenters. The molecule has 0 radical (unpaired) electrons. The first-order chi connectivity index (χ1) is 14.2. The largest absolute Gasteiger partial charge is 0.508 e. The molecule has 2 aliphatic heterocycles. The Hall–Kier alpha value is -2.84. The van der Waals surface area contributed by atoms with Gasteiger partial charge in [0.25, 0.3) is 11.7 Å². The molecule has 30 heavy (non-hydrogen) atoms. The van der Waals surface area contributed by atoms with Crippen molar-refractivity contribution >= 4 is 38.9 Å². The molecule has 0 bridgehead atoms. The summed E-state index contributed by atoms with van der Waals surface area (Å²) in [6, 6.07) is 10.4. The molecule has 2 fully saturated rings. The van der Waals surface area contributed by atoms with Crippen LogP contribution in [0, 0.1) is 0 Å². The molecule has 2 heterocycles. The van der Waals surface area contributed by atoms with Gasteiger partial charge in [0.2, 0.25) is 0 Å². The number of aromatic hydroxyl groups is 1. The molecule has 2 saturated heterocycles. The molecule has 7 nitrogen and oxygen atoms in total. The van der Waals surface area contributed by atoms with E-state index in [9.17, 15) is 28.2 Å². The fraction of sp³-hybridized carbons (Fsp3) is 0.238. The summed E-state index contributed by atoms with van der Waals surface area (Å²) in [4.78, 5) is 27.1. The van der Waals surface area contributed by atoms with Crippen LogP contribution in [0.2, 0.25) is 5.02 Å². The van der Waals surface area contributed by atoms with E-state index in [0.717, 1.165) is 0 Å². The number of hydrogen-bond acceptors (Lipinski definition) is 6. The number of carbonyl (C=O) groups excluding carboxylic acids is 2. The number of Topliss-reactive ketones (excluding diaryl/α,β-unsaturated/α-hetero) is 1. The van der Waals surface area contributed by atoms with Crippen molar-refractivity contribution in [1.29, 1.82) is 0 Å². The molecular weight excluding hydrogens is 430 g/mol. The van der Waals surface area contributed by atoms with E-state index in [4.69, 9.17) is 11.6 Å². The lowest BCUT2D eigenvalue weighted by Crippen LogP contribution is -2.40. The Kier molecular flexibility index (Phi) is 5.07. The van der Waals surface area contributed by atoms with Gasteiger partial charge in [0.15, 0.2) is 9.84 Å². The average molecular weight is 448 g/mol. The predicted octanol–water partition coefficient (Wildman–Crippen LogP) is 2.65. The Balaban J connectivity index is 1.90. The number of phenols is 1. The Labute approximate surface area is 178 Å². The molecule has 9 heteroatoms. The van der Waals surface area contributed by atoms with Crippen LogP contribution >= 0.6 is 11.6 Å². The maximum absolute atomic E-state index is 12.9. The highest BCUT2D eigenvalue weighted by Gasteiger charge is 2.51. The summed E-state index contributed by atoms with van der Waals surface area (Å²) in [6.45, 7) is 0. The third-order valence-electron chi connectivity index (χ3n) is 5.39. The normalized spacial score (nSPS) is 25.0. The van der Waals surface area contributed by atoms with Crippen LogP contribution in [-0.4, -0.2) is 52.8 Å². The number of aliphatic hydroxyl groups excluding tert-OH is 1. The van der Waals surface area contributed by atoms with Crippen molar-refractivity contribution in [2.45, 2.75) is 18.5 Å². The van der Waals surface area contributed by atoms with Gasteiger partial charge in [-0.3, -0.25) is 9.59 Å². The van der Waals surface area contributed by atoms with E-state index >= 15 is 0 Å². The van der Waals surface area contributed by atoms with Crippen molar-refractivity contribution in [2.24, 2.45) is 0 Å². The van der Waals surface area contributed by atoms with Gasteiger partial charge in [-0.15, -0.1) is 0 Å². The Morgan fingerprint density at radius 1 is 1.10 bits per heavy atom. The summed E-state index contributed by atoms with van der Waals surface area (Å²) in [5.41, 5.74) is 0.535. The van der Waals surface area contributed by atoms with Crippen molar-refractivity contribution in [3.05, 3.63) is 70.3 Å². The van der Waals surface area contributed by atoms with Gasteiger partial charge in [-0.25, -0.2) is 8.42 Å². The maximum Gasteiger partial charge on any atom is 0.295 e. The van der Waals surface area contributed by atoms with Gasteiger partial charge in [-0.05, 0) is 48.4 Å². The highest BCUT2D eigenvalue weighted by atomic mass is 35.5. The molecule has 2 aromatic rings. The average Bonchev–Trinajstić information content (AvgIpc) is 3.18. The van der Waals surface area contributed by atoms with E-state index < -0.39 is 33.6 Å². The molecule has 2 atom stereocenters. The van der Waals surface area contributed by atoms with Crippen LogP contribution in [0.3, 0.4) is 0 Å². The zero-order chi connectivity index (χ0) is 21.6. The second-order valence-corrected chi connectivity index (χ2v) is 10.0. The van der Waals surface area contributed by atoms with Gasteiger partial charge in [-0.2, -0.15) is 0 Å². The van der Waals surface area contributed by atoms with E-state index in [1.165, 1.54) is 29.2 Å². The second kappa shape index (κ2) is 7.45. The van der Waals surface area contributed by atoms with Crippen molar-refractivity contribution in [3.8, 4) is 5.75 Å². The first-order valence-corrected chi connectivity index (χ1v) is 11.4. The predicted molar refractivity (Wildman–Crippen MR) is 111 cm³/mol. The third kappa shape index (κ3) is 3.57. The number of halogens is 1. The number of likely N-dealkylation sites (tertiary alicyclic amines) is 1. The van der Waals surface area contributed by atoms with Gasteiger partial charge in [0, 0.05) is 16.6 Å². The van der Waals surface area contributed by atoms with Gasteiger partial charge in [0.05, 0.1) is 23.1 Å². The number of phenolic OH excluding ortho intramolecular Hbond substituents is 1. The van der Waals surface area contributed by atoms with E-state index in [1.807, 2.05) is 0 Å². The summed E-state index contributed by atoms with van der Waals surface area (Å²) >= 11 is 5.89. The van der Waals surface area contributed by atoms with Gasteiger partial charge in [0.1, 0.15) is 11.5 Å². The number of aliphatic hydroxyl groups is 1. The Bertz CT molecular complexity index is 1170. The lowest BCUT2D eigenvalue weighted by Gasteiger charge is -2.30. The number of carbonyl (C=O) groups is 2. The Morgan fingerprint density at radius 3 is 2.40 bits per heavy atom. The molecular formula is C21H18ClNO6S. The quantitative estimate of drug-likeness (QED) is 0.425. The molecule has 0 spiro atoms. The first-order valence-electron chi connectivity index (χ1n) is 9.23. The second-order valence-electron chi connectivity index (χ2n) is 7.37. The highest BCUT2D eigenvalue weighted by molar-refractivity contribution is 7.91. The van der Waals surface area contributed by atoms with E-state index in [2.05, 4.69) is 0 Å². The summed E-state index contributed by atoms with van der Waals surface area (Å²) in [7, 11) is -3.33. The first kappa shape index (κ1) is 20.4. The number of nitrogens with zero attached hydrogens (tertiary/aromatic N) is 1. The monoisotopic (exact) mass is 447 g/mol. The number of hydrogen-bond donors (Lipinski definition) is 2. The van der Waals surface area contributed by atoms with Crippen molar-refractivity contribution in [1.82, 2.24) is 4.90 Å². The van der Waals surface area contributed by atoms with Crippen molar-refractivity contribution in [2.75, 3.05) is 11.5 Å². The SMILES string of the molecule is O=C1C(=O)N([C@H]2CCS(=O)(=O)C2)[C@H](c2cccc(O)c2)/C1=C(\O)c1ccc(Cl)cc1. The van der Waals surface area contributed by atoms with Crippen LogP contribution in [0.1, 0.15) is 23.6 Å². The van der Waals surface area contributed by atoms with Crippen LogP contribution in [0.4, 0.5) is 0 Å². The maximum atomic E-state index is 12.9. The van der Waals surface area contributed by atoms with Crippen LogP contribution in [0.15, 0.2) is 54.1 Å². The van der Waals surface area contributed by atoms with Crippen LogP contribution < -0.4 is 0 Å². The molecule has 0 aromatic heterocycles. The summed E-state index contributed by atoms with van der Waals surface area (Å²) in [6.07, 6.45) is 0.200. The minimum absolute atomic E-state index is 0.0788. The molecule has 0 saturated carbocycles. The highest BCUT2D eigenvalue weighted by Crippen LogP contribution is 2.42. The topological polar surface area (TPSA) is 112 Å². The fourth-order valence-corrected chi connectivity index (χ4v) is 5.84. The van der Waals surface area contributed by atoms with Crippen molar-refractivity contribution < 1.29 is 28.2 Å². The fourth-order valence-electron chi connectivity index (χ4n) is 4.01. The van der Waals surface area contributed by atoms with E-state index in [0.29, 0.717) is 16.1 Å². The zero-order valence-corrected chi connectivity index (χ0v) is 17.2. The lowest BCUT2D eigenvalue weighted by atomic mass is 9.94. The van der Waals surface area contributed by atoms with E-state index in [1.54, 1.807) is 24.3 Å². The zero-order valence-electron chi connectivity index (χ0n) is 15.7. The minimum Gasteiger partial charge on any atom is -0.508 e. The molecule has 2 aliphatic rings. The molecule has 1 amide bonds. The number of sulfone groups is 1. The minimum atomic E-state index is -3.33. The summed E-state index contributed by atoms with van der Waals surface area (Å²) in [5, 5.41) is 21.3. The number of benzene rings is 2. The van der Waals surface area contributed by atoms with Gasteiger partial charge in [-0.1, -0.05) is 23.7 Å². The lowest BCUT2D eigenvalue weighted by molar-refractivity contribution is -0.141. The van der Waals surface area contributed by atoms with E-state index in [-0.39, 0.29) is 35.0 Å². The molecule has 156 valence electrons. The smallest absolute Gasteiger partial charge is 0.295 e. The third-order valence-corrected chi connectivity index (χ3v) is 7.39. The molecule has 2 aromatic carbocycles. The van der Waals surface area contributed by atoms with Crippen LogP contribution in [0.5, 0.6) is 5.75 Å². The van der Waals surface area contributed by atoms with Crippen LogP contribution in [0.25, 0.3) is 5.76 Å². The number of ketones is 1. The number of rotatable bonds is 3.